The number of fused-ring (bicyclic) bond motifs is 1. The van der Waals surface area contributed by atoms with Gasteiger partial charge < -0.3 is 4.42 Å². The number of nitrogens with zero attached hydrogens (tertiary/aromatic N) is 2. The van der Waals surface area contributed by atoms with E-state index in [1.54, 1.807) is 0 Å². The van der Waals surface area contributed by atoms with Gasteiger partial charge >= 0.3 is 0 Å². The Bertz CT molecular complexity index is 952. The van der Waals surface area contributed by atoms with E-state index < -0.39 is 9.84 Å². The molecule has 0 radical (unpaired) electrons. The fourth-order valence-corrected chi connectivity index (χ4v) is 6.31. The minimum Gasteiger partial charge on any atom is -0.416 e. The highest BCUT2D eigenvalue weighted by Crippen LogP contribution is 2.26. The number of hydrogen-bond donors (Lipinski definition) is 0. The maximum atomic E-state index is 12.5. The van der Waals surface area contributed by atoms with E-state index >= 15 is 0 Å². The average molecular weight is 407 g/mol. The Labute approximate surface area is 163 Å². The lowest BCUT2D eigenvalue weighted by Crippen LogP contribution is -2.07. The van der Waals surface area contributed by atoms with Crippen LogP contribution in [0.2, 0.25) is 0 Å². The number of aryl methyl sites for hydroxylation is 2. The molecule has 1 aromatic heterocycles. The Morgan fingerprint density at radius 3 is 2.78 bits per heavy atom. The number of sulfone groups is 1. The number of benzene rings is 1. The fraction of sp³-hybridized carbons (Fsp3) is 0.526. The first-order valence-corrected chi connectivity index (χ1v) is 12.1. The summed E-state index contributed by atoms with van der Waals surface area (Å²) in [4.78, 5) is 12.5. The molecular formula is C19H22N2O4S2. The van der Waals surface area contributed by atoms with Gasteiger partial charge in [-0.1, -0.05) is 23.9 Å². The minimum atomic E-state index is -2.91. The Kier molecular flexibility index (Phi) is 5.36. The Hall–Kier alpha value is -1.67. The van der Waals surface area contributed by atoms with Crippen molar-refractivity contribution in [2.24, 2.45) is 5.92 Å². The molecule has 2 aliphatic rings. The number of Topliss-reactive ketones (excluding diaryl/α,β-unsaturated/α-hetero) is 1. The summed E-state index contributed by atoms with van der Waals surface area (Å²) in [6, 6.07) is 6.01. The smallest absolute Gasteiger partial charge is 0.277 e. The Morgan fingerprint density at radius 1 is 1.19 bits per heavy atom. The summed E-state index contributed by atoms with van der Waals surface area (Å²) in [6.07, 6.45) is 5.68. The van der Waals surface area contributed by atoms with E-state index in [2.05, 4.69) is 16.3 Å². The van der Waals surface area contributed by atoms with Crippen molar-refractivity contribution in [1.29, 1.82) is 0 Å². The van der Waals surface area contributed by atoms with Crippen LogP contribution in [0, 0.1) is 5.92 Å². The summed E-state index contributed by atoms with van der Waals surface area (Å²) in [5.41, 5.74) is 3.39. The van der Waals surface area contributed by atoms with Crippen molar-refractivity contribution in [2.45, 2.75) is 43.7 Å². The fourth-order valence-electron chi connectivity index (χ4n) is 3.78. The molecule has 1 fully saturated rings. The lowest BCUT2D eigenvalue weighted by molar-refractivity contribution is 0.102. The lowest BCUT2D eigenvalue weighted by Gasteiger charge is -2.16. The molecule has 8 heteroatoms. The maximum Gasteiger partial charge on any atom is 0.277 e. The number of thioether (sulfide) groups is 1. The van der Waals surface area contributed by atoms with E-state index in [1.807, 2.05) is 12.1 Å². The molecule has 4 rings (SSSR count). The molecule has 0 bridgehead atoms. The van der Waals surface area contributed by atoms with E-state index in [-0.39, 0.29) is 29.0 Å². The zero-order valence-corrected chi connectivity index (χ0v) is 16.7. The number of carbonyl (C=O) groups is 1. The number of rotatable bonds is 6. The number of carbonyl (C=O) groups excluding carboxylic acids is 1. The molecule has 1 aromatic carbocycles. The van der Waals surface area contributed by atoms with Crippen LogP contribution in [0.15, 0.2) is 27.8 Å². The van der Waals surface area contributed by atoms with Crippen molar-refractivity contribution in [3.8, 4) is 0 Å². The molecule has 2 heterocycles. The number of aromatic nitrogens is 2. The third-order valence-corrected chi connectivity index (χ3v) is 7.89. The van der Waals surface area contributed by atoms with Gasteiger partial charge in [0.2, 0.25) is 5.89 Å². The van der Waals surface area contributed by atoms with Gasteiger partial charge in [-0.15, -0.1) is 10.2 Å². The molecule has 0 amide bonds. The second kappa shape index (κ2) is 7.75. The van der Waals surface area contributed by atoms with E-state index in [9.17, 15) is 13.2 Å². The van der Waals surface area contributed by atoms with Crippen molar-refractivity contribution in [1.82, 2.24) is 10.2 Å². The first-order valence-electron chi connectivity index (χ1n) is 9.29. The van der Waals surface area contributed by atoms with E-state index in [0.717, 1.165) is 18.4 Å². The van der Waals surface area contributed by atoms with Crippen molar-refractivity contribution in [3.05, 3.63) is 40.8 Å². The van der Waals surface area contributed by atoms with Crippen molar-refractivity contribution in [3.63, 3.8) is 0 Å². The summed E-state index contributed by atoms with van der Waals surface area (Å²) >= 11 is 1.23. The molecule has 0 unspecified atom stereocenters. The predicted molar refractivity (Wildman–Crippen MR) is 103 cm³/mol. The van der Waals surface area contributed by atoms with Gasteiger partial charge in [-0.3, -0.25) is 4.79 Å². The molecule has 2 aromatic rings. The van der Waals surface area contributed by atoms with Crippen LogP contribution in [-0.4, -0.2) is 41.7 Å². The normalized spacial score (nSPS) is 21.1. The zero-order chi connectivity index (χ0) is 18.9. The summed E-state index contributed by atoms with van der Waals surface area (Å²) in [5, 5.41) is 8.33. The molecule has 1 saturated heterocycles. The molecule has 0 N–H and O–H groups in total. The van der Waals surface area contributed by atoms with Gasteiger partial charge in [0.05, 0.1) is 17.3 Å². The standard InChI is InChI=1S/C19H22N2O4S2/c22-17(16-6-5-14-3-1-2-4-15(14)10-16)11-26-19-21-20-18(25-19)9-13-7-8-27(23,24)12-13/h5-6,10,13H,1-4,7-9,11-12H2/t13-/m0/s1. The average Bonchev–Trinajstić information content (AvgIpc) is 3.25. The molecule has 1 atom stereocenters. The largest absolute Gasteiger partial charge is 0.416 e. The molecule has 144 valence electrons. The van der Waals surface area contributed by atoms with Crippen molar-refractivity contribution in [2.75, 3.05) is 17.3 Å². The second-order valence-corrected chi connectivity index (χ2v) is 10.5. The lowest BCUT2D eigenvalue weighted by atomic mass is 9.90. The molecule has 27 heavy (non-hydrogen) atoms. The Morgan fingerprint density at radius 2 is 2.00 bits per heavy atom. The van der Waals surface area contributed by atoms with Gasteiger partial charge in [0.15, 0.2) is 15.6 Å². The van der Waals surface area contributed by atoms with Crippen LogP contribution in [0.25, 0.3) is 0 Å². The van der Waals surface area contributed by atoms with Crippen LogP contribution in [0.5, 0.6) is 0 Å². The molecule has 0 spiro atoms. The molecule has 0 saturated carbocycles. The first kappa shape index (κ1) is 18.7. The second-order valence-electron chi connectivity index (χ2n) is 7.34. The van der Waals surface area contributed by atoms with E-state index in [1.165, 1.54) is 35.7 Å². The first-order chi connectivity index (χ1) is 13.0. The topological polar surface area (TPSA) is 90.1 Å². The van der Waals surface area contributed by atoms with Crippen LogP contribution in [0.1, 0.15) is 46.6 Å². The van der Waals surface area contributed by atoms with E-state index in [4.69, 9.17) is 4.42 Å². The maximum absolute atomic E-state index is 12.5. The summed E-state index contributed by atoms with van der Waals surface area (Å²) in [6.45, 7) is 0. The monoisotopic (exact) mass is 406 g/mol. The molecule has 1 aliphatic carbocycles. The Balaban J connectivity index is 1.32. The third-order valence-electron chi connectivity index (χ3n) is 5.24. The molecular weight excluding hydrogens is 384 g/mol. The quantitative estimate of drug-likeness (QED) is 0.538. The molecule has 6 nitrogen and oxygen atoms in total. The minimum absolute atomic E-state index is 0.0467. The predicted octanol–water partition coefficient (Wildman–Crippen LogP) is 2.90. The van der Waals surface area contributed by atoms with Crippen molar-refractivity contribution < 1.29 is 17.6 Å². The van der Waals surface area contributed by atoms with Crippen LogP contribution < -0.4 is 0 Å². The van der Waals surface area contributed by atoms with Crippen LogP contribution in [0.4, 0.5) is 0 Å². The van der Waals surface area contributed by atoms with Gasteiger partial charge in [0, 0.05) is 12.0 Å². The summed E-state index contributed by atoms with van der Waals surface area (Å²) < 4.78 is 28.6. The number of ketones is 1. The van der Waals surface area contributed by atoms with E-state index in [0.29, 0.717) is 24.0 Å². The van der Waals surface area contributed by atoms with Gasteiger partial charge in [0.1, 0.15) is 0 Å². The summed E-state index contributed by atoms with van der Waals surface area (Å²) in [5.74, 6) is 1.22. The van der Waals surface area contributed by atoms with Gasteiger partial charge in [0.25, 0.3) is 5.22 Å². The summed E-state index contributed by atoms with van der Waals surface area (Å²) in [7, 11) is -2.91. The highest BCUT2D eigenvalue weighted by molar-refractivity contribution is 7.99. The van der Waals surface area contributed by atoms with Gasteiger partial charge in [-0.25, -0.2) is 8.42 Å². The highest BCUT2D eigenvalue weighted by Gasteiger charge is 2.29. The highest BCUT2D eigenvalue weighted by atomic mass is 32.2. The SMILES string of the molecule is O=C(CSc1nnc(C[C@@H]2CCS(=O)(=O)C2)o1)c1ccc2c(c1)CCCC2. The van der Waals surface area contributed by atoms with Gasteiger partial charge in [-0.2, -0.15) is 0 Å². The van der Waals surface area contributed by atoms with Crippen LogP contribution in [0.3, 0.4) is 0 Å². The van der Waals surface area contributed by atoms with Crippen molar-refractivity contribution >= 4 is 27.4 Å². The molecule has 1 aliphatic heterocycles. The number of hydrogen-bond acceptors (Lipinski definition) is 7. The third kappa shape index (κ3) is 4.60. The van der Waals surface area contributed by atoms with Gasteiger partial charge in [-0.05, 0) is 55.2 Å². The zero-order valence-electron chi connectivity index (χ0n) is 15.0. The van der Waals surface area contributed by atoms with Crippen LogP contribution in [-0.2, 0) is 29.1 Å². The van der Waals surface area contributed by atoms with Crippen LogP contribution >= 0.6 is 11.8 Å².